The number of likely N-dealkylation sites (N-methyl/N-ethyl adjacent to an activating group) is 1. The van der Waals surface area contributed by atoms with Crippen molar-refractivity contribution in [2.75, 3.05) is 48.3 Å². The summed E-state index contributed by atoms with van der Waals surface area (Å²) >= 11 is 0. The first-order chi connectivity index (χ1) is 17.6. The van der Waals surface area contributed by atoms with Crippen molar-refractivity contribution >= 4 is 39.8 Å². The lowest BCUT2D eigenvalue weighted by Crippen LogP contribution is -2.46. The highest BCUT2D eigenvalue weighted by atomic mass is 16.1. The van der Waals surface area contributed by atoms with E-state index in [1.807, 2.05) is 24.3 Å². The van der Waals surface area contributed by atoms with Gasteiger partial charge in [-0.1, -0.05) is 31.7 Å². The molecule has 36 heavy (non-hydrogen) atoms. The minimum absolute atomic E-state index is 0.270. The van der Waals surface area contributed by atoms with Gasteiger partial charge in [-0.15, -0.1) is 0 Å². The Morgan fingerprint density at radius 1 is 1.03 bits per heavy atom. The summed E-state index contributed by atoms with van der Waals surface area (Å²) in [5.74, 6) is 0.239. The lowest BCUT2D eigenvalue weighted by Gasteiger charge is -2.35. The van der Waals surface area contributed by atoms with E-state index in [0.29, 0.717) is 17.3 Å². The third-order valence-corrected chi connectivity index (χ3v) is 6.41. The van der Waals surface area contributed by atoms with Gasteiger partial charge in [0.05, 0.1) is 11.2 Å². The van der Waals surface area contributed by atoms with Gasteiger partial charge in [0.1, 0.15) is 0 Å². The van der Waals surface area contributed by atoms with Crippen LogP contribution >= 0.6 is 0 Å². The minimum Gasteiger partial charge on any atom is -0.369 e. The summed E-state index contributed by atoms with van der Waals surface area (Å²) in [5, 5.41) is 7.01. The number of fused-ring (bicyclic) bond motifs is 1. The van der Waals surface area contributed by atoms with Crippen LogP contribution in [0.2, 0.25) is 0 Å². The molecule has 0 radical (unpaired) electrons. The lowest BCUT2D eigenvalue weighted by molar-refractivity contribution is -0.111. The quantitative estimate of drug-likeness (QED) is 0.372. The zero-order valence-corrected chi connectivity index (χ0v) is 20.3. The topological polar surface area (TPSA) is 86.3 Å². The number of hydrogen-bond acceptors (Lipinski definition) is 7. The Hall–Kier alpha value is -4.30. The van der Waals surface area contributed by atoms with Gasteiger partial charge in [-0.2, -0.15) is 0 Å². The van der Waals surface area contributed by atoms with Crippen molar-refractivity contribution in [2.45, 2.75) is 6.92 Å². The van der Waals surface area contributed by atoms with Crippen LogP contribution in [0.3, 0.4) is 0 Å². The fourth-order valence-corrected chi connectivity index (χ4v) is 4.38. The predicted octanol–water partition coefficient (Wildman–Crippen LogP) is 4.70. The number of nitrogens with one attached hydrogen (secondary N) is 2. The molecule has 4 aromatic rings. The zero-order chi connectivity index (χ0) is 24.9. The number of piperazine rings is 1. The molecule has 0 bridgehead atoms. The molecule has 8 heteroatoms. The Morgan fingerprint density at radius 3 is 2.58 bits per heavy atom. The van der Waals surface area contributed by atoms with E-state index in [-0.39, 0.29) is 5.91 Å². The molecule has 0 aliphatic carbocycles. The molecule has 1 aliphatic rings. The Balaban J connectivity index is 1.37. The van der Waals surface area contributed by atoms with Gasteiger partial charge in [0.25, 0.3) is 0 Å². The van der Waals surface area contributed by atoms with Crippen molar-refractivity contribution in [3.63, 3.8) is 0 Å². The number of para-hydroxylation sites is 1. The zero-order valence-electron chi connectivity index (χ0n) is 20.3. The van der Waals surface area contributed by atoms with Crippen molar-refractivity contribution in [3.05, 3.63) is 79.6 Å². The van der Waals surface area contributed by atoms with Crippen LogP contribution in [0.4, 0.5) is 23.0 Å². The summed E-state index contributed by atoms with van der Waals surface area (Å²) in [6, 6.07) is 17.9. The smallest absolute Gasteiger partial charge is 0.247 e. The normalized spacial score (nSPS) is 14.0. The number of benzene rings is 2. The first-order valence-corrected chi connectivity index (χ1v) is 12.1. The second-order valence-corrected chi connectivity index (χ2v) is 8.65. The van der Waals surface area contributed by atoms with Crippen LogP contribution in [0.25, 0.3) is 22.2 Å². The molecule has 8 nitrogen and oxygen atoms in total. The number of carbonyl (C=O) groups excluding carboxylic acids is 1. The van der Waals surface area contributed by atoms with Gasteiger partial charge in [0.15, 0.2) is 0 Å². The van der Waals surface area contributed by atoms with Crippen molar-refractivity contribution < 1.29 is 4.79 Å². The number of pyridine rings is 1. The van der Waals surface area contributed by atoms with Crippen molar-refractivity contribution in [2.24, 2.45) is 0 Å². The molecule has 1 amide bonds. The molecule has 0 saturated carbocycles. The number of carbonyl (C=O) groups is 1. The van der Waals surface area contributed by atoms with Gasteiger partial charge in [-0.3, -0.25) is 9.78 Å². The molecule has 0 atom stereocenters. The van der Waals surface area contributed by atoms with Gasteiger partial charge < -0.3 is 20.4 Å². The molecular weight excluding hydrogens is 450 g/mol. The summed E-state index contributed by atoms with van der Waals surface area (Å²) in [6.07, 6.45) is 4.71. The molecule has 182 valence electrons. The van der Waals surface area contributed by atoms with Crippen molar-refractivity contribution in [1.82, 2.24) is 19.9 Å². The van der Waals surface area contributed by atoms with E-state index in [4.69, 9.17) is 4.98 Å². The van der Waals surface area contributed by atoms with Crippen LogP contribution in [0.1, 0.15) is 6.92 Å². The van der Waals surface area contributed by atoms with Crippen LogP contribution < -0.4 is 15.5 Å². The van der Waals surface area contributed by atoms with Crippen LogP contribution in [-0.2, 0) is 4.79 Å². The number of amides is 1. The van der Waals surface area contributed by atoms with E-state index in [0.717, 1.165) is 54.9 Å². The maximum Gasteiger partial charge on any atom is 0.247 e. The van der Waals surface area contributed by atoms with Gasteiger partial charge in [0, 0.05) is 66.6 Å². The molecule has 0 unspecified atom stereocenters. The van der Waals surface area contributed by atoms with E-state index in [2.05, 4.69) is 68.2 Å². The largest absolute Gasteiger partial charge is 0.369 e. The maximum absolute atomic E-state index is 11.7. The van der Waals surface area contributed by atoms with Crippen LogP contribution in [-0.4, -0.2) is 58.5 Å². The molecule has 2 aromatic carbocycles. The van der Waals surface area contributed by atoms with E-state index in [1.165, 1.54) is 11.8 Å². The second-order valence-electron chi connectivity index (χ2n) is 8.65. The van der Waals surface area contributed by atoms with Crippen LogP contribution in [0.5, 0.6) is 0 Å². The molecule has 1 saturated heterocycles. The molecule has 5 rings (SSSR count). The SMILES string of the molecule is C=CC(=O)Nc1ccnc(-c2cccc3cnc(Nc4ccc(N5CCN(CC)CC5)cc4)nc23)c1. The average molecular weight is 480 g/mol. The van der Waals surface area contributed by atoms with Gasteiger partial charge >= 0.3 is 0 Å². The van der Waals surface area contributed by atoms with Crippen molar-refractivity contribution in [1.29, 1.82) is 0 Å². The lowest BCUT2D eigenvalue weighted by atomic mass is 10.1. The maximum atomic E-state index is 11.7. The molecule has 2 aromatic heterocycles. The molecule has 1 aliphatic heterocycles. The minimum atomic E-state index is -0.270. The summed E-state index contributed by atoms with van der Waals surface area (Å²) in [6.45, 7) is 11.1. The third-order valence-electron chi connectivity index (χ3n) is 6.41. The number of hydrogen-bond donors (Lipinski definition) is 2. The number of rotatable bonds is 7. The highest BCUT2D eigenvalue weighted by molar-refractivity contribution is 5.99. The van der Waals surface area contributed by atoms with E-state index in [1.54, 1.807) is 18.5 Å². The summed E-state index contributed by atoms with van der Waals surface area (Å²) < 4.78 is 0. The molecule has 3 heterocycles. The third kappa shape index (κ3) is 5.18. The molecule has 0 spiro atoms. The fraction of sp³-hybridized carbons (Fsp3) is 0.214. The molecule has 2 N–H and O–H groups in total. The number of aromatic nitrogens is 3. The molecular formula is C28H29N7O. The number of anilines is 4. The summed E-state index contributed by atoms with van der Waals surface area (Å²) in [5.41, 5.74) is 5.14. The van der Waals surface area contributed by atoms with Gasteiger partial charge in [-0.05, 0) is 49.0 Å². The van der Waals surface area contributed by atoms with E-state index in [9.17, 15) is 4.79 Å². The van der Waals surface area contributed by atoms with Gasteiger partial charge in [-0.25, -0.2) is 9.97 Å². The Labute approximate surface area is 210 Å². The van der Waals surface area contributed by atoms with Crippen LogP contribution in [0.15, 0.2) is 79.6 Å². The summed E-state index contributed by atoms with van der Waals surface area (Å²) in [4.78, 5) is 30.4. The van der Waals surface area contributed by atoms with E-state index >= 15 is 0 Å². The van der Waals surface area contributed by atoms with Crippen molar-refractivity contribution in [3.8, 4) is 11.3 Å². The standard InChI is InChI=1S/C28H29N7O/c1-3-26(36)31-22-12-13-29-25(18-22)24-7-5-6-20-19-30-28(33-27(20)24)32-21-8-10-23(11-9-21)35-16-14-34(4-2)15-17-35/h3,5-13,18-19H,1,4,14-17H2,2H3,(H,29,31,36)(H,30,32,33). The Kier molecular flexibility index (Phi) is 6.86. The van der Waals surface area contributed by atoms with E-state index < -0.39 is 0 Å². The first kappa shape index (κ1) is 23.4. The second kappa shape index (κ2) is 10.5. The highest BCUT2D eigenvalue weighted by Gasteiger charge is 2.16. The van der Waals surface area contributed by atoms with Crippen LogP contribution in [0, 0.1) is 0 Å². The summed E-state index contributed by atoms with van der Waals surface area (Å²) in [7, 11) is 0. The Morgan fingerprint density at radius 2 is 1.83 bits per heavy atom. The first-order valence-electron chi connectivity index (χ1n) is 12.1. The number of nitrogens with zero attached hydrogens (tertiary/aromatic N) is 5. The highest BCUT2D eigenvalue weighted by Crippen LogP contribution is 2.28. The predicted molar refractivity (Wildman–Crippen MR) is 146 cm³/mol. The average Bonchev–Trinajstić information content (AvgIpc) is 2.93. The molecule has 1 fully saturated rings. The fourth-order valence-electron chi connectivity index (χ4n) is 4.38. The monoisotopic (exact) mass is 479 g/mol. The Bertz CT molecular complexity index is 1380. The van der Waals surface area contributed by atoms with Gasteiger partial charge in [0.2, 0.25) is 11.9 Å².